The molecule has 2 atom stereocenters. The van der Waals surface area contributed by atoms with Crippen LogP contribution in [0.5, 0.6) is 0 Å². The Morgan fingerprint density at radius 3 is 2.33 bits per heavy atom. The summed E-state index contributed by atoms with van der Waals surface area (Å²) in [6.45, 7) is 3.62. The van der Waals surface area contributed by atoms with Crippen LogP contribution in [-0.4, -0.2) is 64.6 Å². The summed E-state index contributed by atoms with van der Waals surface area (Å²) in [7, 11) is 1.63. The fourth-order valence-electron chi connectivity index (χ4n) is 4.28. The number of urea groups is 1. The number of hydrogen-bond acceptors (Lipinski definition) is 8. The van der Waals surface area contributed by atoms with Gasteiger partial charge >= 0.3 is 24.0 Å². The summed E-state index contributed by atoms with van der Waals surface area (Å²) < 4.78 is 44.7. The largest absolute Gasteiger partial charge is 0.444 e. The molecule has 1 aromatic carbocycles. The molecule has 18 heteroatoms. The van der Waals surface area contributed by atoms with Gasteiger partial charge in [0.15, 0.2) is 5.82 Å². The Morgan fingerprint density at radius 2 is 1.73 bits per heavy atom. The summed E-state index contributed by atoms with van der Waals surface area (Å²) in [5.41, 5.74) is 3.44. The Kier molecular flexibility index (Phi) is 11.5. The molecule has 0 bridgehead atoms. The van der Waals surface area contributed by atoms with Crippen molar-refractivity contribution in [3.05, 3.63) is 52.1 Å². The quantitative estimate of drug-likeness (QED) is 0.129. The van der Waals surface area contributed by atoms with E-state index in [9.17, 15) is 37.1 Å². The minimum absolute atomic E-state index is 0.0490. The van der Waals surface area contributed by atoms with E-state index in [1.807, 2.05) is 13.8 Å². The van der Waals surface area contributed by atoms with Crippen LogP contribution >= 0.6 is 0 Å². The van der Waals surface area contributed by atoms with Crippen LogP contribution in [0.4, 0.5) is 34.3 Å². The molecule has 0 aliphatic carbocycles. The number of anilines is 2. The van der Waals surface area contributed by atoms with Gasteiger partial charge in [0, 0.05) is 12.2 Å². The molecule has 15 nitrogen and oxygen atoms in total. The minimum atomic E-state index is -4.84. The van der Waals surface area contributed by atoms with Gasteiger partial charge in [0.1, 0.15) is 23.9 Å². The van der Waals surface area contributed by atoms with Gasteiger partial charge in [-0.2, -0.15) is 13.2 Å². The monoisotopic (exact) mass is 637 g/mol. The summed E-state index contributed by atoms with van der Waals surface area (Å²) in [6.07, 6.45) is -5.41. The molecule has 0 unspecified atom stereocenters. The number of rotatable bonds is 13. The smallest absolute Gasteiger partial charge is 0.433 e. The molecule has 45 heavy (non-hydrogen) atoms. The lowest BCUT2D eigenvalue weighted by atomic mass is 10.0. The molecule has 0 saturated carbocycles. The molecule has 0 aliphatic rings. The molecule has 0 radical (unpaired) electrons. The van der Waals surface area contributed by atoms with Gasteiger partial charge in [0.2, 0.25) is 11.8 Å². The van der Waals surface area contributed by atoms with Crippen molar-refractivity contribution in [2.75, 3.05) is 24.2 Å². The van der Waals surface area contributed by atoms with Crippen molar-refractivity contribution in [1.82, 2.24) is 30.9 Å². The number of primary amides is 1. The number of nitrogens with one attached hydrogen (secondary N) is 7. The molecule has 3 rings (SSSR count). The minimum Gasteiger partial charge on any atom is -0.444 e. The van der Waals surface area contributed by atoms with Gasteiger partial charge in [-0.15, -0.1) is 0 Å². The molecule has 3 aromatic rings. The lowest BCUT2D eigenvalue weighted by Gasteiger charge is -2.24. The van der Waals surface area contributed by atoms with E-state index in [0.29, 0.717) is 23.7 Å². The first kappa shape index (κ1) is 34.4. The molecular weight excluding hydrogens is 603 g/mol. The van der Waals surface area contributed by atoms with Gasteiger partial charge in [0.25, 0.3) is 0 Å². The van der Waals surface area contributed by atoms with E-state index < -0.39 is 53.5 Å². The maximum atomic E-state index is 13.2. The van der Waals surface area contributed by atoms with Crippen LogP contribution in [0.2, 0.25) is 0 Å². The number of nitrogens with zero attached hydrogens (tertiary/aromatic N) is 1. The molecule has 2 heterocycles. The van der Waals surface area contributed by atoms with Crippen LogP contribution in [0.3, 0.4) is 0 Å². The number of pyridine rings is 1. The summed E-state index contributed by atoms with van der Waals surface area (Å²) in [4.78, 5) is 68.6. The van der Waals surface area contributed by atoms with Gasteiger partial charge in [0.05, 0.1) is 11.6 Å². The maximum absolute atomic E-state index is 13.2. The molecule has 0 fully saturated rings. The number of imidazole rings is 1. The lowest BCUT2D eigenvalue weighted by molar-refractivity contribution is -0.141. The van der Waals surface area contributed by atoms with E-state index >= 15 is 0 Å². The molecule has 0 saturated heterocycles. The predicted molar refractivity (Wildman–Crippen MR) is 157 cm³/mol. The number of benzene rings is 1. The van der Waals surface area contributed by atoms with E-state index in [2.05, 4.69) is 41.5 Å². The number of halogens is 3. The van der Waals surface area contributed by atoms with Crippen molar-refractivity contribution >= 4 is 46.5 Å². The van der Waals surface area contributed by atoms with Crippen LogP contribution in [0.15, 0.2) is 35.1 Å². The zero-order valence-electron chi connectivity index (χ0n) is 24.6. The number of alkyl halides is 3. The lowest BCUT2D eigenvalue weighted by Crippen LogP contribution is -2.52. The van der Waals surface area contributed by atoms with Crippen LogP contribution in [0.25, 0.3) is 11.0 Å². The van der Waals surface area contributed by atoms with Gasteiger partial charge in [-0.25, -0.2) is 19.4 Å². The second-order valence-corrected chi connectivity index (χ2v) is 10.2. The highest BCUT2D eigenvalue weighted by atomic mass is 19.4. The second kappa shape index (κ2) is 15.0. The van der Waals surface area contributed by atoms with Crippen molar-refractivity contribution < 1.29 is 37.1 Å². The topological polar surface area (TPSA) is 225 Å². The van der Waals surface area contributed by atoms with Crippen molar-refractivity contribution in [3.8, 4) is 0 Å². The Labute approximate surface area is 254 Å². The highest BCUT2D eigenvalue weighted by Gasteiger charge is 2.34. The highest BCUT2D eigenvalue weighted by Crippen LogP contribution is 2.31. The second-order valence-electron chi connectivity index (χ2n) is 10.2. The Morgan fingerprint density at radius 1 is 1.04 bits per heavy atom. The number of carbonyl (C=O) groups excluding carboxylic acids is 4. The number of fused-ring (bicyclic) bond motifs is 1. The zero-order chi connectivity index (χ0) is 33.3. The summed E-state index contributed by atoms with van der Waals surface area (Å²) in [6, 6.07) is 4.57. The standard InChI is InChI=1S/C27H34F3N9O6/c1-13(2)19(32-3)23(41)35-16(5-4-10-33-24(31)42)22(40)34-15-8-6-14(7-9-15)12-45-26(44)39-21-20-17(36-25(43)38-20)11-18(37-21)27(28,29)30/h6-9,11,13,16,19,32H,4-5,10,12H2,1-3H3,(H,34,40)(H,35,41)(H3,31,33,42)(H2,36,38,43)(H,37,39,44)/t16-,19-/m0/s1. The van der Waals surface area contributed by atoms with E-state index in [0.717, 1.165) is 0 Å². The van der Waals surface area contributed by atoms with Gasteiger partial charge < -0.3 is 41.7 Å². The van der Waals surface area contributed by atoms with Gasteiger partial charge in [-0.3, -0.25) is 14.9 Å². The van der Waals surface area contributed by atoms with Crippen LogP contribution in [-0.2, 0) is 27.1 Å². The molecule has 0 spiro atoms. The fourth-order valence-corrected chi connectivity index (χ4v) is 4.28. The van der Waals surface area contributed by atoms with Crippen LogP contribution in [0, 0.1) is 5.92 Å². The summed E-state index contributed by atoms with van der Waals surface area (Å²) >= 11 is 0. The van der Waals surface area contributed by atoms with Crippen molar-refractivity contribution in [1.29, 1.82) is 0 Å². The number of aromatic nitrogens is 3. The van der Waals surface area contributed by atoms with Crippen LogP contribution in [0.1, 0.15) is 37.9 Å². The summed E-state index contributed by atoms with van der Waals surface area (Å²) in [5.74, 6) is -1.48. The first-order valence-electron chi connectivity index (χ1n) is 13.7. The summed E-state index contributed by atoms with van der Waals surface area (Å²) in [5, 5.41) is 12.9. The van der Waals surface area contributed by atoms with E-state index in [4.69, 9.17) is 10.5 Å². The number of carbonyl (C=O) groups is 4. The molecule has 9 N–H and O–H groups in total. The van der Waals surface area contributed by atoms with E-state index in [1.54, 1.807) is 7.05 Å². The molecule has 0 aliphatic heterocycles. The van der Waals surface area contributed by atoms with Gasteiger partial charge in [-0.05, 0) is 49.6 Å². The van der Waals surface area contributed by atoms with E-state index in [-0.39, 0.29) is 42.4 Å². The zero-order valence-corrected chi connectivity index (χ0v) is 24.6. The molecule has 2 aromatic heterocycles. The normalized spacial score (nSPS) is 12.8. The Hall–Kier alpha value is -5.13. The predicted octanol–water partition coefficient (Wildman–Crippen LogP) is 2.13. The van der Waals surface area contributed by atoms with Crippen molar-refractivity contribution in [3.63, 3.8) is 0 Å². The first-order chi connectivity index (χ1) is 21.2. The highest BCUT2D eigenvalue weighted by molar-refractivity contribution is 5.98. The molecular formula is C27H34F3N9O6. The number of ether oxygens (including phenoxy) is 1. The van der Waals surface area contributed by atoms with Crippen molar-refractivity contribution in [2.45, 2.75) is 51.6 Å². The number of aromatic amines is 2. The average molecular weight is 638 g/mol. The number of H-pyrrole nitrogens is 2. The number of amides is 5. The molecule has 5 amide bonds. The number of nitrogens with two attached hydrogens (primary N) is 1. The number of hydrogen-bond donors (Lipinski definition) is 8. The molecule has 244 valence electrons. The Bertz CT molecular complexity index is 1570. The van der Waals surface area contributed by atoms with Crippen molar-refractivity contribution in [2.24, 2.45) is 11.7 Å². The number of likely N-dealkylation sites (N-methyl/N-ethyl adjacent to an activating group) is 1. The van der Waals surface area contributed by atoms with Crippen LogP contribution < -0.4 is 38.0 Å². The maximum Gasteiger partial charge on any atom is 0.433 e. The van der Waals surface area contributed by atoms with E-state index in [1.165, 1.54) is 24.3 Å². The fraction of sp³-hybridized carbons (Fsp3) is 0.407. The van der Waals surface area contributed by atoms with Gasteiger partial charge in [-0.1, -0.05) is 26.0 Å². The SMILES string of the molecule is CN[C@H](C(=O)N[C@@H](CCCNC(N)=O)C(=O)Nc1ccc(COC(=O)Nc2nc(C(F)(F)F)cc3[nH]c(=O)[nH]c23)cc1)C(C)C. The Balaban J connectivity index is 1.62. The average Bonchev–Trinajstić information content (AvgIpc) is 3.34. The first-order valence-corrected chi connectivity index (χ1v) is 13.7. The third-order valence-corrected chi connectivity index (χ3v) is 6.47. The third kappa shape index (κ3) is 9.95. The third-order valence-electron chi connectivity index (χ3n) is 6.47.